The minimum atomic E-state index is -0.741. The number of likely N-dealkylation sites (tertiary alicyclic amines) is 1. The molecule has 0 spiro atoms. The maximum atomic E-state index is 12.3. The van der Waals surface area contributed by atoms with Crippen LogP contribution in [0.5, 0.6) is 5.75 Å². The van der Waals surface area contributed by atoms with Crippen LogP contribution in [0.4, 0.5) is 0 Å². The largest absolute Gasteiger partial charge is 0.496 e. The van der Waals surface area contributed by atoms with E-state index >= 15 is 0 Å². The van der Waals surface area contributed by atoms with Gasteiger partial charge in [-0.2, -0.15) is 0 Å². The number of methoxy groups -OCH3 is 1. The molecule has 2 rings (SSSR count). The lowest BCUT2D eigenvalue weighted by atomic mass is 9.92. The van der Waals surface area contributed by atoms with Crippen molar-refractivity contribution >= 4 is 23.2 Å². The number of carbonyl (C=O) groups is 2. The van der Waals surface area contributed by atoms with E-state index in [0.29, 0.717) is 30.3 Å². The Kier molecular flexibility index (Phi) is 5.00. The van der Waals surface area contributed by atoms with E-state index in [2.05, 4.69) is 0 Å². The fourth-order valence-corrected chi connectivity index (χ4v) is 3.27. The Labute approximate surface area is 122 Å². The average molecular weight is 297 g/mol. The lowest BCUT2D eigenvalue weighted by Gasteiger charge is -2.31. The minimum Gasteiger partial charge on any atom is -0.496 e. The number of carbonyl (C=O) groups excluding carboxylic acids is 1. The van der Waals surface area contributed by atoms with Crippen molar-refractivity contribution in [3.8, 4) is 5.75 Å². The molecule has 0 aliphatic carbocycles. The van der Waals surface area contributed by atoms with Gasteiger partial charge in [0, 0.05) is 31.0 Å². The molecular weight excluding hydrogens is 278 g/mol. The molecule has 1 amide bonds. The quantitative estimate of drug-likeness (QED) is 0.906. The maximum absolute atomic E-state index is 12.3. The first-order chi connectivity index (χ1) is 9.60. The van der Waals surface area contributed by atoms with Crippen molar-refractivity contribution in [2.75, 3.05) is 20.2 Å². The predicted molar refractivity (Wildman–Crippen MR) is 76.4 cm³/mol. The van der Waals surface area contributed by atoms with Gasteiger partial charge in [-0.1, -0.05) is 0 Å². The second-order valence-corrected chi connectivity index (χ2v) is 5.93. The highest BCUT2D eigenvalue weighted by molar-refractivity contribution is 7.12. The topological polar surface area (TPSA) is 66.8 Å². The molecule has 1 saturated heterocycles. The van der Waals surface area contributed by atoms with Crippen molar-refractivity contribution < 1.29 is 19.4 Å². The normalized spacial score (nSPS) is 16.1. The molecule has 0 atom stereocenters. The highest BCUT2D eigenvalue weighted by Gasteiger charge is 2.24. The molecule has 110 valence electrons. The molecule has 0 aromatic carbocycles. The van der Waals surface area contributed by atoms with E-state index in [1.54, 1.807) is 13.2 Å². The number of rotatable bonds is 5. The number of carboxylic acid groups (broad SMARTS) is 1. The fourth-order valence-electron chi connectivity index (χ4n) is 2.45. The van der Waals surface area contributed by atoms with Crippen LogP contribution in [0.2, 0.25) is 0 Å². The molecule has 0 unspecified atom stereocenters. The third-order valence-corrected chi connectivity index (χ3v) is 4.59. The number of thiophene rings is 1. The molecule has 0 radical (unpaired) electrons. The van der Waals surface area contributed by atoms with E-state index in [1.165, 1.54) is 11.3 Å². The van der Waals surface area contributed by atoms with E-state index in [0.717, 1.165) is 18.6 Å². The molecule has 0 bridgehead atoms. The van der Waals surface area contributed by atoms with Crippen LogP contribution in [0.25, 0.3) is 0 Å². The molecule has 1 aliphatic rings. The summed E-state index contributed by atoms with van der Waals surface area (Å²) in [5, 5.41) is 10.5. The first kappa shape index (κ1) is 14.8. The van der Waals surface area contributed by atoms with Crippen LogP contribution in [0.3, 0.4) is 0 Å². The van der Waals surface area contributed by atoms with Gasteiger partial charge in [-0.15, -0.1) is 11.3 Å². The molecule has 5 nitrogen and oxygen atoms in total. The zero-order valence-corrected chi connectivity index (χ0v) is 12.3. The smallest absolute Gasteiger partial charge is 0.303 e. The van der Waals surface area contributed by atoms with Crippen LogP contribution in [-0.2, 0) is 4.79 Å². The first-order valence-corrected chi connectivity index (χ1v) is 7.61. The number of hydrogen-bond donors (Lipinski definition) is 1. The summed E-state index contributed by atoms with van der Waals surface area (Å²) in [6.45, 7) is 1.42. The van der Waals surface area contributed by atoms with Gasteiger partial charge in [-0.25, -0.2) is 0 Å². The van der Waals surface area contributed by atoms with Crippen molar-refractivity contribution in [1.29, 1.82) is 0 Å². The molecule has 0 saturated carbocycles. The lowest BCUT2D eigenvalue weighted by Crippen LogP contribution is -2.38. The van der Waals surface area contributed by atoms with Crippen molar-refractivity contribution in [1.82, 2.24) is 4.90 Å². The van der Waals surface area contributed by atoms with Gasteiger partial charge in [0.1, 0.15) is 5.75 Å². The average Bonchev–Trinajstić information content (AvgIpc) is 2.94. The zero-order chi connectivity index (χ0) is 14.5. The second kappa shape index (κ2) is 6.74. The monoisotopic (exact) mass is 297 g/mol. The van der Waals surface area contributed by atoms with Crippen molar-refractivity contribution in [2.45, 2.75) is 25.7 Å². The second-order valence-electron chi connectivity index (χ2n) is 5.02. The Bertz CT molecular complexity index is 477. The number of hydrogen-bond acceptors (Lipinski definition) is 4. The maximum Gasteiger partial charge on any atom is 0.303 e. The predicted octanol–water partition coefficient (Wildman–Crippen LogP) is 2.47. The first-order valence-electron chi connectivity index (χ1n) is 6.73. The lowest BCUT2D eigenvalue weighted by molar-refractivity contribution is -0.137. The molecule has 1 N–H and O–H groups in total. The third-order valence-electron chi connectivity index (χ3n) is 3.69. The molecule has 1 aromatic rings. The molecule has 1 fully saturated rings. The van der Waals surface area contributed by atoms with Crippen molar-refractivity contribution in [3.63, 3.8) is 0 Å². The van der Waals surface area contributed by atoms with Gasteiger partial charge >= 0.3 is 5.97 Å². The SMILES string of the molecule is COc1csc(C(=O)N2CCC(CCC(=O)O)CC2)c1. The number of piperidine rings is 1. The summed E-state index contributed by atoms with van der Waals surface area (Å²) in [7, 11) is 1.59. The number of nitrogens with zero attached hydrogens (tertiary/aromatic N) is 1. The van der Waals surface area contributed by atoms with Gasteiger partial charge in [0.2, 0.25) is 0 Å². The van der Waals surface area contributed by atoms with E-state index in [1.807, 2.05) is 10.3 Å². The number of ether oxygens (including phenoxy) is 1. The summed E-state index contributed by atoms with van der Waals surface area (Å²) in [5.41, 5.74) is 0. The molecule has 2 heterocycles. The van der Waals surface area contributed by atoms with Gasteiger partial charge in [-0.3, -0.25) is 9.59 Å². The van der Waals surface area contributed by atoms with Crippen LogP contribution in [-0.4, -0.2) is 42.1 Å². The van der Waals surface area contributed by atoms with E-state index in [4.69, 9.17) is 9.84 Å². The van der Waals surface area contributed by atoms with Crippen molar-refractivity contribution in [2.24, 2.45) is 5.92 Å². The highest BCUT2D eigenvalue weighted by atomic mass is 32.1. The molecule has 1 aromatic heterocycles. The van der Waals surface area contributed by atoms with E-state index in [9.17, 15) is 9.59 Å². The molecule has 1 aliphatic heterocycles. The Hall–Kier alpha value is -1.56. The van der Waals surface area contributed by atoms with Gasteiger partial charge in [0.15, 0.2) is 0 Å². The van der Waals surface area contributed by atoms with Crippen LogP contribution < -0.4 is 4.74 Å². The Balaban J connectivity index is 1.84. The van der Waals surface area contributed by atoms with Crippen LogP contribution in [0.1, 0.15) is 35.4 Å². The summed E-state index contributed by atoms with van der Waals surface area (Å²) in [4.78, 5) is 25.4. The standard InChI is InChI=1S/C14H19NO4S/c1-19-11-8-12(20-9-11)14(18)15-6-4-10(5-7-15)2-3-13(16)17/h8-10H,2-7H2,1H3,(H,16,17). The summed E-state index contributed by atoms with van der Waals surface area (Å²) in [6.07, 6.45) is 2.72. The number of carboxylic acids is 1. The Morgan fingerprint density at radius 3 is 2.70 bits per heavy atom. The minimum absolute atomic E-state index is 0.0509. The van der Waals surface area contributed by atoms with E-state index < -0.39 is 5.97 Å². The zero-order valence-electron chi connectivity index (χ0n) is 11.5. The molecule has 6 heteroatoms. The van der Waals surface area contributed by atoms with Crippen molar-refractivity contribution in [3.05, 3.63) is 16.3 Å². The van der Waals surface area contributed by atoms with Crippen LogP contribution in [0.15, 0.2) is 11.4 Å². The fraction of sp³-hybridized carbons (Fsp3) is 0.571. The Morgan fingerprint density at radius 1 is 1.45 bits per heavy atom. The van der Waals surface area contributed by atoms with Gasteiger partial charge in [0.25, 0.3) is 5.91 Å². The Morgan fingerprint density at radius 2 is 2.15 bits per heavy atom. The van der Waals surface area contributed by atoms with Crippen LogP contribution >= 0.6 is 11.3 Å². The summed E-state index contributed by atoms with van der Waals surface area (Å²) in [5.74, 6) is 0.451. The summed E-state index contributed by atoms with van der Waals surface area (Å²) in [6, 6.07) is 1.77. The van der Waals surface area contributed by atoms with Crippen LogP contribution in [0, 0.1) is 5.92 Å². The summed E-state index contributed by atoms with van der Waals surface area (Å²) < 4.78 is 5.09. The third kappa shape index (κ3) is 3.72. The highest BCUT2D eigenvalue weighted by Crippen LogP contribution is 2.26. The van der Waals surface area contributed by atoms with E-state index in [-0.39, 0.29) is 12.3 Å². The van der Waals surface area contributed by atoms with Gasteiger partial charge < -0.3 is 14.7 Å². The van der Waals surface area contributed by atoms with Gasteiger partial charge in [-0.05, 0) is 25.2 Å². The number of amides is 1. The summed E-state index contributed by atoms with van der Waals surface area (Å²) >= 11 is 1.40. The van der Waals surface area contributed by atoms with Gasteiger partial charge in [0.05, 0.1) is 12.0 Å². The molecular formula is C14H19NO4S. The molecule has 20 heavy (non-hydrogen) atoms. The number of aliphatic carboxylic acids is 1.